The first-order valence-corrected chi connectivity index (χ1v) is 7.13. The largest absolute Gasteiger partial charge is 0.497 e. The standard InChI is InChI=1S/C17H16N2O4/c1-21-14-5-3-13(4-6-14)17(20)19-18-11-12-2-7-15-16(10-12)23-9-8-22-15/h2-7,10-11H,8-9H2,1H3,(H,19,20). The Hall–Kier alpha value is -3.02. The number of hydrogen-bond acceptors (Lipinski definition) is 5. The van der Waals surface area contributed by atoms with Gasteiger partial charge in [-0.05, 0) is 48.0 Å². The van der Waals surface area contributed by atoms with Gasteiger partial charge in [0.15, 0.2) is 11.5 Å². The average Bonchev–Trinajstić information content (AvgIpc) is 2.61. The van der Waals surface area contributed by atoms with Crippen LogP contribution in [0.1, 0.15) is 15.9 Å². The number of carbonyl (C=O) groups is 1. The molecule has 1 amide bonds. The third-order valence-corrected chi connectivity index (χ3v) is 3.30. The number of nitrogens with zero attached hydrogens (tertiary/aromatic N) is 1. The van der Waals surface area contributed by atoms with Gasteiger partial charge in [0, 0.05) is 5.56 Å². The summed E-state index contributed by atoms with van der Waals surface area (Å²) in [6.07, 6.45) is 1.56. The minimum absolute atomic E-state index is 0.290. The minimum atomic E-state index is -0.290. The fraction of sp³-hybridized carbons (Fsp3) is 0.176. The zero-order valence-corrected chi connectivity index (χ0v) is 12.6. The van der Waals surface area contributed by atoms with Crippen LogP contribution in [0.5, 0.6) is 17.2 Å². The molecule has 0 aliphatic carbocycles. The summed E-state index contributed by atoms with van der Waals surface area (Å²) in [5.74, 6) is 1.81. The van der Waals surface area contributed by atoms with Crippen molar-refractivity contribution in [2.45, 2.75) is 0 Å². The molecule has 0 fully saturated rings. The molecular weight excluding hydrogens is 296 g/mol. The number of hydrazone groups is 1. The van der Waals surface area contributed by atoms with Crippen molar-refractivity contribution in [2.75, 3.05) is 20.3 Å². The second-order valence-electron chi connectivity index (χ2n) is 4.83. The highest BCUT2D eigenvalue weighted by Gasteiger charge is 2.11. The molecule has 0 spiro atoms. The van der Waals surface area contributed by atoms with Crippen molar-refractivity contribution in [3.63, 3.8) is 0 Å². The molecule has 0 radical (unpaired) electrons. The predicted octanol–water partition coefficient (Wildman–Crippen LogP) is 2.23. The average molecular weight is 312 g/mol. The molecule has 23 heavy (non-hydrogen) atoms. The molecule has 0 saturated heterocycles. The summed E-state index contributed by atoms with van der Waals surface area (Å²) < 4.78 is 16.0. The Morgan fingerprint density at radius 2 is 1.87 bits per heavy atom. The van der Waals surface area contributed by atoms with E-state index in [-0.39, 0.29) is 5.91 Å². The Bertz CT molecular complexity index is 726. The number of fused-ring (bicyclic) bond motifs is 1. The lowest BCUT2D eigenvalue weighted by atomic mass is 10.2. The van der Waals surface area contributed by atoms with Crippen LogP contribution in [-0.2, 0) is 0 Å². The molecule has 0 aromatic heterocycles. The number of nitrogens with one attached hydrogen (secondary N) is 1. The molecule has 0 saturated carbocycles. The molecule has 3 rings (SSSR count). The number of hydrogen-bond donors (Lipinski definition) is 1. The van der Waals surface area contributed by atoms with Crippen molar-refractivity contribution >= 4 is 12.1 Å². The van der Waals surface area contributed by atoms with E-state index in [1.165, 1.54) is 0 Å². The van der Waals surface area contributed by atoms with Gasteiger partial charge in [0.05, 0.1) is 13.3 Å². The summed E-state index contributed by atoms with van der Waals surface area (Å²) in [6.45, 7) is 1.08. The molecule has 6 heteroatoms. The van der Waals surface area contributed by atoms with E-state index < -0.39 is 0 Å². The molecule has 1 N–H and O–H groups in total. The Balaban J connectivity index is 1.62. The fourth-order valence-corrected chi connectivity index (χ4v) is 2.11. The van der Waals surface area contributed by atoms with Gasteiger partial charge >= 0.3 is 0 Å². The Labute approximate surface area is 133 Å². The van der Waals surface area contributed by atoms with Crippen LogP contribution >= 0.6 is 0 Å². The Morgan fingerprint density at radius 3 is 2.61 bits per heavy atom. The van der Waals surface area contributed by atoms with Crippen LogP contribution in [0.3, 0.4) is 0 Å². The monoisotopic (exact) mass is 312 g/mol. The molecule has 2 aromatic rings. The zero-order valence-electron chi connectivity index (χ0n) is 12.6. The van der Waals surface area contributed by atoms with Crippen LogP contribution in [-0.4, -0.2) is 32.4 Å². The van der Waals surface area contributed by atoms with E-state index in [1.54, 1.807) is 37.6 Å². The third-order valence-electron chi connectivity index (χ3n) is 3.30. The third kappa shape index (κ3) is 3.60. The first-order chi connectivity index (χ1) is 11.3. The summed E-state index contributed by atoms with van der Waals surface area (Å²) in [6, 6.07) is 12.3. The van der Waals surface area contributed by atoms with Crippen molar-refractivity contribution in [2.24, 2.45) is 5.10 Å². The molecule has 1 aliphatic heterocycles. The van der Waals surface area contributed by atoms with Crippen LogP contribution in [0.4, 0.5) is 0 Å². The topological polar surface area (TPSA) is 69.2 Å². The molecule has 6 nitrogen and oxygen atoms in total. The highest BCUT2D eigenvalue weighted by molar-refractivity contribution is 5.95. The van der Waals surface area contributed by atoms with Gasteiger partial charge in [-0.25, -0.2) is 5.43 Å². The summed E-state index contributed by atoms with van der Waals surface area (Å²) in [4.78, 5) is 12.0. The lowest BCUT2D eigenvalue weighted by molar-refractivity contribution is 0.0955. The van der Waals surface area contributed by atoms with Gasteiger partial charge < -0.3 is 14.2 Å². The highest BCUT2D eigenvalue weighted by Crippen LogP contribution is 2.30. The van der Waals surface area contributed by atoms with E-state index in [9.17, 15) is 4.79 Å². The van der Waals surface area contributed by atoms with Crippen LogP contribution < -0.4 is 19.6 Å². The Morgan fingerprint density at radius 1 is 1.13 bits per heavy atom. The maximum atomic E-state index is 12.0. The number of methoxy groups -OCH3 is 1. The molecule has 1 aliphatic rings. The van der Waals surface area contributed by atoms with Crippen molar-refractivity contribution in [3.05, 3.63) is 53.6 Å². The first kappa shape index (κ1) is 14.9. The van der Waals surface area contributed by atoms with E-state index in [1.807, 2.05) is 18.2 Å². The summed E-state index contributed by atoms with van der Waals surface area (Å²) in [7, 11) is 1.58. The van der Waals surface area contributed by atoms with Crippen LogP contribution in [0.15, 0.2) is 47.6 Å². The van der Waals surface area contributed by atoms with Crippen LogP contribution in [0.2, 0.25) is 0 Å². The van der Waals surface area contributed by atoms with Crippen molar-refractivity contribution in [3.8, 4) is 17.2 Å². The van der Waals surface area contributed by atoms with E-state index in [0.717, 1.165) is 11.3 Å². The molecule has 1 heterocycles. The van der Waals surface area contributed by atoms with Crippen molar-refractivity contribution in [1.82, 2.24) is 5.43 Å². The van der Waals surface area contributed by atoms with Gasteiger partial charge in [0.2, 0.25) is 0 Å². The SMILES string of the molecule is COc1ccc(C(=O)NN=Cc2ccc3c(c2)OCCO3)cc1. The molecule has 0 atom stereocenters. The van der Waals surface area contributed by atoms with Gasteiger partial charge in [0.25, 0.3) is 5.91 Å². The van der Waals surface area contributed by atoms with Gasteiger partial charge in [-0.2, -0.15) is 5.10 Å². The molecule has 2 aromatic carbocycles. The number of carbonyl (C=O) groups excluding carboxylic acids is 1. The van der Waals surface area contributed by atoms with Crippen LogP contribution in [0, 0.1) is 0 Å². The van der Waals surface area contributed by atoms with Gasteiger partial charge in [-0.3, -0.25) is 4.79 Å². The Kier molecular flexibility index (Phi) is 4.42. The maximum Gasteiger partial charge on any atom is 0.271 e. The lowest BCUT2D eigenvalue weighted by Crippen LogP contribution is -2.17. The molecule has 118 valence electrons. The normalized spacial score (nSPS) is 12.9. The van der Waals surface area contributed by atoms with E-state index in [2.05, 4.69) is 10.5 Å². The summed E-state index contributed by atoms with van der Waals surface area (Å²) >= 11 is 0. The molecule has 0 bridgehead atoms. The second-order valence-corrected chi connectivity index (χ2v) is 4.83. The zero-order chi connectivity index (χ0) is 16.1. The van der Waals surface area contributed by atoms with E-state index in [0.29, 0.717) is 30.3 Å². The first-order valence-electron chi connectivity index (χ1n) is 7.13. The number of amides is 1. The lowest BCUT2D eigenvalue weighted by Gasteiger charge is -2.18. The fourth-order valence-electron chi connectivity index (χ4n) is 2.11. The number of benzene rings is 2. The highest BCUT2D eigenvalue weighted by atomic mass is 16.6. The van der Waals surface area contributed by atoms with Crippen molar-refractivity contribution < 1.29 is 19.0 Å². The van der Waals surface area contributed by atoms with Gasteiger partial charge in [-0.15, -0.1) is 0 Å². The second kappa shape index (κ2) is 6.83. The molecule has 0 unspecified atom stereocenters. The van der Waals surface area contributed by atoms with Crippen molar-refractivity contribution in [1.29, 1.82) is 0 Å². The number of rotatable bonds is 4. The van der Waals surface area contributed by atoms with Gasteiger partial charge in [0.1, 0.15) is 19.0 Å². The maximum absolute atomic E-state index is 12.0. The quantitative estimate of drug-likeness (QED) is 0.694. The van der Waals surface area contributed by atoms with E-state index in [4.69, 9.17) is 14.2 Å². The predicted molar refractivity (Wildman–Crippen MR) is 85.5 cm³/mol. The van der Waals surface area contributed by atoms with Gasteiger partial charge in [-0.1, -0.05) is 0 Å². The van der Waals surface area contributed by atoms with E-state index >= 15 is 0 Å². The van der Waals surface area contributed by atoms with Crippen LogP contribution in [0.25, 0.3) is 0 Å². The molecular formula is C17H16N2O4. The smallest absolute Gasteiger partial charge is 0.271 e. The summed E-state index contributed by atoms with van der Waals surface area (Å²) in [5.41, 5.74) is 3.80. The summed E-state index contributed by atoms with van der Waals surface area (Å²) in [5, 5.41) is 3.96. The minimum Gasteiger partial charge on any atom is -0.497 e. The number of ether oxygens (including phenoxy) is 3.